The second-order valence-electron chi connectivity index (χ2n) is 6.60. The first-order valence-corrected chi connectivity index (χ1v) is 10.1. The Labute approximate surface area is 158 Å². The summed E-state index contributed by atoms with van der Waals surface area (Å²) in [6.45, 7) is 3.96. The number of imidazole rings is 1. The Kier molecular flexibility index (Phi) is 4.20. The lowest BCUT2D eigenvalue weighted by atomic mass is 10.2. The molecule has 0 saturated carbocycles. The SMILES string of the molecule is Cc1ccc(S(=O)(=O)Nc2ccc(-c3nc4ccc(C)cc4[nH]3)cc2)cc1. The lowest BCUT2D eigenvalue weighted by Crippen LogP contribution is -2.12. The van der Waals surface area contributed by atoms with Crippen molar-refractivity contribution in [2.24, 2.45) is 0 Å². The Morgan fingerprint density at radius 1 is 0.852 bits per heavy atom. The van der Waals surface area contributed by atoms with Gasteiger partial charge in [-0.2, -0.15) is 0 Å². The van der Waals surface area contributed by atoms with Crippen molar-refractivity contribution < 1.29 is 8.42 Å². The molecule has 4 rings (SSSR count). The first kappa shape index (κ1) is 17.3. The fraction of sp³-hybridized carbons (Fsp3) is 0.0952. The van der Waals surface area contributed by atoms with Gasteiger partial charge in [0.05, 0.1) is 15.9 Å². The van der Waals surface area contributed by atoms with Crippen LogP contribution in [0, 0.1) is 13.8 Å². The molecule has 0 bridgehead atoms. The van der Waals surface area contributed by atoms with E-state index in [1.54, 1.807) is 36.4 Å². The number of nitrogens with zero attached hydrogens (tertiary/aromatic N) is 1. The minimum atomic E-state index is -3.61. The maximum atomic E-state index is 12.5. The number of nitrogens with one attached hydrogen (secondary N) is 2. The summed E-state index contributed by atoms with van der Waals surface area (Å²) >= 11 is 0. The first-order chi connectivity index (χ1) is 12.9. The average molecular weight is 377 g/mol. The monoisotopic (exact) mass is 377 g/mol. The van der Waals surface area contributed by atoms with Gasteiger partial charge in [0.25, 0.3) is 10.0 Å². The third-order valence-electron chi connectivity index (χ3n) is 4.38. The van der Waals surface area contributed by atoms with Crippen molar-refractivity contribution in [1.82, 2.24) is 9.97 Å². The number of anilines is 1. The predicted molar refractivity (Wildman–Crippen MR) is 108 cm³/mol. The Balaban J connectivity index is 1.58. The van der Waals surface area contributed by atoms with E-state index in [0.717, 1.165) is 28.0 Å². The predicted octanol–water partition coefficient (Wildman–Crippen LogP) is 4.65. The van der Waals surface area contributed by atoms with Crippen molar-refractivity contribution in [3.05, 3.63) is 77.9 Å². The zero-order chi connectivity index (χ0) is 19.0. The molecule has 27 heavy (non-hydrogen) atoms. The number of aryl methyl sites for hydroxylation is 2. The van der Waals surface area contributed by atoms with Gasteiger partial charge in [-0.25, -0.2) is 13.4 Å². The highest BCUT2D eigenvalue weighted by Gasteiger charge is 2.14. The van der Waals surface area contributed by atoms with Crippen LogP contribution in [0.5, 0.6) is 0 Å². The van der Waals surface area contributed by atoms with Crippen LogP contribution < -0.4 is 4.72 Å². The topological polar surface area (TPSA) is 74.8 Å². The number of aromatic nitrogens is 2. The summed E-state index contributed by atoms with van der Waals surface area (Å²) in [5.41, 5.74) is 5.46. The van der Waals surface area contributed by atoms with Crippen LogP contribution in [0.2, 0.25) is 0 Å². The zero-order valence-corrected chi connectivity index (χ0v) is 15.8. The maximum absolute atomic E-state index is 12.5. The van der Waals surface area contributed by atoms with E-state index in [0.29, 0.717) is 5.69 Å². The molecule has 0 radical (unpaired) electrons. The summed E-state index contributed by atoms with van der Waals surface area (Å²) in [4.78, 5) is 8.13. The Morgan fingerprint density at radius 3 is 2.22 bits per heavy atom. The van der Waals surface area contributed by atoms with Gasteiger partial charge in [-0.15, -0.1) is 0 Å². The third-order valence-corrected chi connectivity index (χ3v) is 5.78. The summed E-state index contributed by atoms with van der Waals surface area (Å²) in [5.74, 6) is 0.753. The van der Waals surface area contributed by atoms with Gasteiger partial charge in [0.2, 0.25) is 0 Å². The van der Waals surface area contributed by atoms with Gasteiger partial charge in [0.1, 0.15) is 5.82 Å². The Bertz CT molecular complexity index is 1210. The van der Waals surface area contributed by atoms with E-state index in [2.05, 4.69) is 20.8 Å². The van der Waals surface area contributed by atoms with Gasteiger partial charge >= 0.3 is 0 Å². The minimum Gasteiger partial charge on any atom is -0.338 e. The molecule has 0 unspecified atom stereocenters. The lowest BCUT2D eigenvalue weighted by Gasteiger charge is -2.08. The lowest BCUT2D eigenvalue weighted by molar-refractivity contribution is 0.601. The molecule has 1 heterocycles. The molecular formula is C21H19N3O2S. The van der Waals surface area contributed by atoms with Gasteiger partial charge in [-0.3, -0.25) is 4.72 Å². The van der Waals surface area contributed by atoms with E-state index < -0.39 is 10.0 Å². The van der Waals surface area contributed by atoms with E-state index >= 15 is 0 Å². The molecule has 3 aromatic carbocycles. The molecule has 0 aliphatic heterocycles. The summed E-state index contributed by atoms with van der Waals surface area (Å²) in [5, 5.41) is 0. The number of fused-ring (bicyclic) bond motifs is 1. The number of benzene rings is 3. The summed E-state index contributed by atoms with van der Waals surface area (Å²) < 4.78 is 27.6. The van der Waals surface area contributed by atoms with Crippen LogP contribution in [0.3, 0.4) is 0 Å². The molecule has 6 heteroatoms. The second-order valence-corrected chi connectivity index (χ2v) is 8.28. The highest BCUT2D eigenvalue weighted by Crippen LogP contribution is 2.24. The first-order valence-electron chi connectivity index (χ1n) is 8.57. The molecule has 0 amide bonds. The van der Waals surface area contributed by atoms with Crippen molar-refractivity contribution >= 4 is 26.7 Å². The smallest absolute Gasteiger partial charge is 0.261 e. The van der Waals surface area contributed by atoms with Crippen LogP contribution in [-0.4, -0.2) is 18.4 Å². The number of aromatic amines is 1. The van der Waals surface area contributed by atoms with Crippen molar-refractivity contribution in [3.8, 4) is 11.4 Å². The molecule has 0 fully saturated rings. The normalized spacial score (nSPS) is 11.6. The van der Waals surface area contributed by atoms with E-state index in [9.17, 15) is 8.42 Å². The quantitative estimate of drug-likeness (QED) is 0.544. The fourth-order valence-electron chi connectivity index (χ4n) is 2.89. The number of hydrogen-bond donors (Lipinski definition) is 2. The van der Waals surface area contributed by atoms with Gasteiger partial charge in [0.15, 0.2) is 0 Å². The number of hydrogen-bond acceptors (Lipinski definition) is 3. The van der Waals surface area contributed by atoms with Gasteiger partial charge in [-0.1, -0.05) is 23.8 Å². The molecule has 1 aromatic heterocycles. The number of rotatable bonds is 4. The van der Waals surface area contributed by atoms with Gasteiger partial charge in [0, 0.05) is 11.3 Å². The molecule has 0 spiro atoms. The average Bonchev–Trinajstić information content (AvgIpc) is 3.05. The molecule has 0 aliphatic carbocycles. The molecular weight excluding hydrogens is 358 g/mol. The van der Waals surface area contributed by atoms with Crippen molar-refractivity contribution in [3.63, 3.8) is 0 Å². The van der Waals surface area contributed by atoms with E-state index in [-0.39, 0.29) is 4.90 Å². The van der Waals surface area contributed by atoms with Gasteiger partial charge < -0.3 is 4.98 Å². The maximum Gasteiger partial charge on any atom is 0.261 e. The van der Waals surface area contributed by atoms with Crippen LogP contribution >= 0.6 is 0 Å². The fourth-order valence-corrected chi connectivity index (χ4v) is 3.95. The van der Waals surface area contributed by atoms with Crippen LogP contribution in [-0.2, 0) is 10.0 Å². The standard InChI is InChI=1S/C21H19N3O2S/c1-14-3-10-18(11-4-14)27(25,26)24-17-8-6-16(7-9-17)21-22-19-12-5-15(2)13-20(19)23-21/h3-13,24H,1-2H3,(H,22,23). The Morgan fingerprint density at radius 2 is 1.52 bits per heavy atom. The molecule has 0 aliphatic rings. The van der Waals surface area contributed by atoms with Crippen LogP contribution in [0.15, 0.2) is 71.6 Å². The van der Waals surface area contributed by atoms with Crippen molar-refractivity contribution in [2.75, 3.05) is 4.72 Å². The van der Waals surface area contributed by atoms with E-state index in [1.807, 2.05) is 38.1 Å². The number of H-pyrrole nitrogens is 1. The highest BCUT2D eigenvalue weighted by molar-refractivity contribution is 7.92. The summed E-state index contributed by atoms with van der Waals surface area (Å²) in [7, 11) is -3.61. The summed E-state index contributed by atoms with van der Waals surface area (Å²) in [6.07, 6.45) is 0. The zero-order valence-electron chi connectivity index (χ0n) is 15.0. The summed E-state index contributed by atoms with van der Waals surface area (Å²) in [6, 6.07) is 20.0. The molecule has 0 saturated heterocycles. The molecule has 4 aromatic rings. The molecule has 2 N–H and O–H groups in total. The van der Waals surface area contributed by atoms with Crippen LogP contribution in [0.4, 0.5) is 5.69 Å². The minimum absolute atomic E-state index is 0.241. The van der Waals surface area contributed by atoms with Gasteiger partial charge in [-0.05, 0) is 67.9 Å². The second kappa shape index (κ2) is 6.55. The van der Waals surface area contributed by atoms with Crippen LogP contribution in [0.1, 0.15) is 11.1 Å². The van der Waals surface area contributed by atoms with Crippen molar-refractivity contribution in [1.29, 1.82) is 0 Å². The Hall–Kier alpha value is -3.12. The third kappa shape index (κ3) is 3.57. The number of sulfonamides is 1. The van der Waals surface area contributed by atoms with E-state index in [1.165, 1.54) is 5.56 Å². The molecule has 0 atom stereocenters. The van der Waals surface area contributed by atoms with Crippen LogP contribution in [0.25, 0.3) is 22.4 Å². The highest BCUT2D eigenvalue weighted by atomic mass is 32.2. The molecule has 136 valence electrons. The van der Waals surface area contributed by atoms with E-state index in [4.69, 9.17) is 0 Å². The molecule has 5 nitrogen and oxygen atoms in total. The largest absolute Gasteiger partial charge is 0.338 e. The van der Waals surface area contributed by atoms with Crippen molar-refractivity contribution in [2.45, 2.75) is 18.7 Å².